The Labute approximate surface area is 106 Å². The minimum atomic E-state index is -0.731. The zero-order chi connectivity index (χ0) is 13.9. The maximum atomic E-state index is 13.7. The van der Waals surface area contributed by atoms with E-state index in [1.54, 1.807) is 13.8 Å². The number of benzene rings is 1. The van der Waals surface area contributed by atoms with Crippen LogP contribution in [0.4, 0.5) is 8.78 Å². The zero-order valence-corrected chi connectivity index (χ0v) is 11.1. The van der Waals surface area contributed by atoms with Crippen LogP contribution in [0.3, 0.4) is 0 Å². The van der Waals surface area contributed by atoms with E-state index >= 15 is 0 Å². The van der Waals surface area contributed by atoms with E-state index in [0.717, 1.165) is 6.07 Å². The summed E-state index contributed by atoms with van der Waals surface area (Å²) in [7, 11) is 0. The Balaban J connectivity index is 3.13. The molecule has 100 valence electrons. The van der Waals surface area contributed by atoms with Gasteiger partial charge in [0.25, 0.3) is 0 Å². The van der Waals surface area contributed by atoms with Crippen molar-refractivity contribution in [2.45, 2.75) is 39.8 Å². The van der Waals surface area contributed by atoms with E-state index in [9.17, 15) is 13.6 Å². The fourth-order valence-electron chi connectivity index (χ4n) is 1.73. The van der Waals surface area contributed by atoms with Crippen LogP contribution in [0.5, 0.6) is 0 Å². The summed E-state index contributed by atoms with van der Waals surface area (Å²) in [6, 6.07) is 2.59. The zero-order valence-electron chi connectivity index (χ0n) is 11.1. The first kappa shape index (κ1) is 14.8. The number of carbonyl (C=O) groups is 1. The molecule has 0 aromatic heterocycles. The molecule has 0 saturated heterocycles. The molecular formula is C14H19F2NO. The van der Waals surface area contributed by atoms with Crippen molar-refractivity contribution >= 4 is 5.78 Å². The molecule has 1 N–H and O–H groups in total. The highest BCUT2D eigenvalue weighted by atomic mass is 19.1. The summed E-state index contributed by atoms with van der Waals surface area (Å²) < 4.78 is 26.6. The Morgan fingerprint density at radius 1 is 1.17 bits per heavy atom. The van der Waals surface area contributed by atoms with Gasteiger partial charge in [-0.2, -0.15) is 0 Å². The third-order valence-corrected chi connectivity index (χ3v) is 2.63. The van der Waals surface area contributed by atoms with E-state index in [2.05, 4.69) is 5.32 Å². The molecule has 0 aliphatic rings. The van der Waals surface area contributed by atoms with Crippen LogP contribution in [0.1, 0.15) is 39.3 Å². The van der Waals surface area contributed by atoms with E-state index in [0.29, 0.717) is 0 Å². The molecule has 1 rings (SSSR count). The van der Waals surface area contributed by atoms with Crippen molar-refractivity contribution in [3.05, 3.63) is 35.4 Å². The Hall–Kier alpha value is -1.29. The number of rotatable bonds is 5. The van der Waals surface area contributed by atoms with Crippen molar-refractivity contribution in [2.24, 2.45) is 5.92 Å². The van der Waals surface area contributed by atoms with Gasteiger partial charge in [-0.15, -0.1) is 0 Å². The molecule has 0 spiro atoms. The standard InChI is InChI=1S/C14H19F2NO/c1-8(2)14(18)13(17-9(3)4)11-6-5-10(15)7-12(11)16/h5-9,13,17H,1-4H3. The lowest BCUT2D eigenvalue weighted by molar-refractivity contribution is -0.124. The van der Waals surface area contributed by atoms with Crippen LogP contribution in [0.25, 0.3) is 0 Å². The molecule has 1 aromatic rings. The van der Waals surface area contributed by atoms with Gasteiger partial charge in [0, 0.05) is 23.6 Å². The lowest BCUT2D eigenvalue weighted by atomic mass is 9.94. The largest absolute Gasteiger partial charge is 0.301 e. The normalized spacial score (nSPS) is 13.1. The van der Waals surface area contributed by atoms with E-state index < -0.39 is 17.7 Å². The fraction of sp³-hybridized carbons (Fsp3) is 0.500. The van der Waals surface area contributed by atoms with Gasteiger partial charge in [0.05, 0.1) is 6.04 Å². The average molecular weight is 255 g/mol. The van der Waals surface area contributed by atoms with Crippen LogP contribution in [-0.2, 0) is 4.79 Å². The topological polar surface area (TPSA) is 29.1 Å². The number of carbonyl (C=O) groups excluding carboxylic acids is 1. The van der Waals surface area contributed by atoms with E-state index in [-0.39, 0.29) is 23.3 Å². The van der Waals surface area contributed by atoms with Gasteiger partial charge in [0.15, 0.2) is 5.78 Å². The first-order valence-corrected chi connectivity index (χ1v) is 6.07. The summed E-state index contributed by atoms with van der Waals surface area (Å²) in [6.07, 6.45) is 0. The van der Waals surface area contributed by atoms with Crippen molar-refractivity contribution < 1.29 is 13.6 Å². The number of hydrogen-bond acceptors (Lipinski definition) is 2. The Morgan fingerprint density at radius 2 is 1.78 bits per heavy atom. The van der Waals surface area contributed by atoms with Gasteiger partial charge >= 0.3 is 0 Å². The van der Waals surface area contributed by atoms with E-state index in [1.807, 2.05) is 13.8 Å². The second-order valence-electron chi connectivity index (χ2n) is 4.98. The smallest absolute Gasteiger partial charge is 0.156 e. The van der Waals surface area contributed by atoms with Crippen molar-refractivity contribution in [1.29, 1.82) is 0 Å². The predicted octanol–water partition coefficient (Wildman–Crippen LogP) is 3.23. The third kappa shape index (κ3) is 3.60. The number of nitrogens with one attached hydrogen (secondary N) is 1. The Morgan fingerprint density at radius 3 is 2.22 bits per heavy atom. The Bertz CT molecular complexity index is 430. The molecule has 2 nitrogen and oxygen atoms in total. The minimum Gasteiger partial charge on any atom is -0.301 e. The highest BCUT2D eigenvalue weighted by Crippen LogP contribution is 2.22. The van der Waals surface area contributed by atoms with Crippen LogP contribution in [0.2, 0.25) is 0 Å². The molecule has 0 radical (unpaired) electrons. The summed E-state index contributed by atoms with van der Waals surface area (Å²) in [5, 5.41) is 3.03. The van der Waals surface area contributed by atoms with Crippen LogP contribution in [0.15, 0.2) is 18.2 Å². The van der Waals surface area contributed by atoms with Crippen LogP contribution >= 0.6 is 0 Å². The molecule has 18 heavy (non-hydrogen) atoms. The quantitative estimate of drug-likeness (QED) is 0.875. The number of ketones is 1. The molecule has 0 aliphatic carbocycles. The highest BCUT2D eigenvalue weighted by molar-refractivity contribution is 5.87. The molecule has 4 heteroatoms. The SMILES string of the molecule is CC(C)NC(C(=O)C(C)C)c1ccc(F)cc1F. The second kappa shape index (κ2) is 6.05. The molecule has 1 unspecified atom stereocenters. The van der Waals surface area contributed by atoms with Gasteiger partial charge in [-0.05, 0) is 19.9 Å². The molecular weight excluding hydrogens is 236 g/mol. The van der Waals surface area contributed by atoms with Crippen molar-refractivity contribution in [3.63, 3.8) is 0 Å². The average Bonchev–Trinajstić information content (AvgIpc) is 2.25. The maximum absolute atomic E-state index is 13.7. The van der Waals surface area contributed by atoms with Gasteiger partial charge < -0.3 is 5.32 Å². The summed E-state index contributed by atoms with van der Waals surface area (Å²) in [6.45, 7) is 7.28. The van der Waals surface area contributed by atoms with Crippen molar-refractivity contribution in [3.8, 4) is 0 Å². The first-order chi connectivity index (χ1) is 8.32. The number of halogens is 2. The first-order valence-electron chi connectivity index (χ1n) is 6.07. The molecule has 0 bridgehead atoms. The predicted molar refractivity (Wildman–Crippen MR) is 67.2 cm³/mol. The molecule has 0 aliphatic heterocycles. The summed E-state index contributed by atoms with van der Waals surface area (Å²) in [5.41, 5.74) is 0.198. The lowest BCUT2D eigenvalue weighted by Crippen LogP contribution is -2.36. The molecule has 0 heterocycles. The van der Waals surface area contributed by atoms with Gasteiger partial charge in [-0.1, -0.05) is 19.9 Å². The van der Waals surface area contributed by atoms with Gasteiger partial charge in [-0.3, -0.25) is 4.79 Å². The van der Waals surface area contributed by atoms with Crippen LogP contribution in [-0.4, -0.2) is 11.8 Å². The third-order valence-electron chi connectivity index (χ3n) is 2.63. The van der Waals surface area contributed by atoms with Crippen LogP contribution in [0, 0.1) is 17.6 Å². The molecule has 0 fully saturated rings. The molecule has 0 saturated carbocycles. The van der Waals surface area contributed by atoms with Gasteiger partial charge in [-0.25, -0.2) is 8.78 Å². The molecule has 1 aromatic carbocycles. The summed E-state index contributed by atoms with van der Waals surface area (Å²) >= 11 is 0. The van der Waals surface area contributed by atoms with Crippen molar-refractivity contribution in [1.82, 2.24) is 5.32 Å². The van der Waals surface area contributed by atoms with E-state index in [1.165, 1.54) is 12.1 Å². The summed E-state index contributed by atoms with van der Waals surface area (Å²) in [4.78, 5) is 12.1. The van der Waals surface area contributed by atoms with E-state index in [4.69, 9.17) is 0 Å². The summed E-state index contributed by atoms with van der Waals surface area (Å²) in [5.74, 6) is -1.65. The minimum absolute atomic E-state index is 0.0298. The Kier molecular flexibility index (Phi) is 4.96. The second-order valence-corrected chi connectivity index (χ2v) is 4.98. The number of hydrogen-bond donors (Lipinski definition) is 1. The van der Waals surface area contributed by atoms with Crippen molar-refractivity contribution in [2.75, 3.05) is 0 Å². The lowest BCUT2D eigenvalue weighted by Gasteiger charge is -2.22. The van der Waals surface area contributed by atoms with Crippen LogP contribution < -0.4 is 5.32 Å². The van der Waals surface area contributed by atoms with Gasteiger partial charge in [0.1, 0.15) is 11.6 Å². The maximum Gasteiger partial charge on any atom is 0.156 e. The fourth-order valence-corrected chi connectivity index (χ4v) is 1.73. The molecule has 0 amide bonds. The van der Waals surface area contributed by atoms with Gasteiger partial charge in [0.2, 0.25) is 0 Å². The monoisotopic (exact) mass is 255 g/mol. The highest BCUT2D eigenvalue weighted by Gasteiger charge is 2.26. The molecule has 1 atom stereocenters. The number of Topliss-reactive ketones (excluding diaryl/α,β-unsaturated/α-hetero) is 1.